The van der Waals surface area contributed by atoms with Crippen LogP contribution in [0.5, 0.6) is 5.75 Å². The van der Waals surface area contributed by atoms with Crippen LogP contribution in [0.25, 0.3) is 0 Å². The molecule has 2 unspecified atom stereocenters. The van der Waals surface area contributed by atoms with Gasteiger partial charge in [0.2, 0.25) is 0 Å². The molecular weight excluding hydrogens is 212 g/mol. The topological polar surface area (TPSA) is 49.5 Å². The fraction of sp³-hybridized carbons (Fsp3) is 0.571. The van der Waals surface area contributed by atoms with E-state index in [0.717, 1.165) is 19.4 Å². The van der Waals surface area contributed by atoms with Gasteiger partial charge in [0.25, 0.3) is 0 Å². The Labute approximate surface area is 102 Å². The summed E-state index contributed by atoms with van der Waals surface area (Å²) in [6, 6.07) is 9.34. The lowest BCUT2D eigenvalue weighted by atomic mass is 9.97. The number of nitrogens with two attached hydrogens (primary N) is 1. The van der Waals surface area contributed by atoms with Crippen LogP contribution in [-0.4, -0.2) is 28.1 Å². The SMILES string of the molecule is NC1CC2CCC(C1)N2Cc1ccc(O)cc1. The Kier molecular flexibility index (Phi) is 2.81. The second-order valence-corrected chi connectivity index (χ2v) is 5.46. The third kappa shape index (κ3) is 2.17. The Morgan fingerprint density at radius 3 is 2.29 bits per heavy atom. The Balaban J connectivity index is 1.72. The number of hydrogen-bond donors (Lipinski definition) is 2. The third-order valence-electron chi connectivity index (χ3n) is 4.22. The molecule has 3 nitrogen and oxygen atoms in total. The van der Waals surface area contributed by atoms with Crippen molar-refractivity contribution in [3.63, 3.8) is 0 Å². The van der Waals surface area contributed by atoms with Crippen molar-refractivity contribution in [2.45, 2.75) is 50.4 Å². The van der Waals surface area contributed by atoms with Crippen molar-refractivity contribution in [3.8, 4) is 5.75 Å². The number of phenols is 1. The zero-order valence-electron chi connectivity index (χ0n) is 10.0. The molecular formula is C14H20N2O. The highest BCUT2D eigenvalue weighted by atomic mass is 16.3. The molecule has 0 spiro atoms. The van der Waals surface area contributed by atoms with E-state index < -0.39 is 0 Å². The summed E-state index contributed by atoms with van der Waals surface area (Å²) in [5.41, 5.74) is 7.36. The van der Waals surface area contributed by atoms with Crippen LogP contribution in [0, 0.1) is 0 Å². The molecule has 2 heterocycles. The molecule has 2 bridgehead atoms. The van der Waals surface area contributed by atoms with E-state index in [0.29, 0.717) is 23.9 Å². The van der Waals surface area contributed by atoms with Crippen LogP contribution in [0.1, 0.15) is 31.2 Å². The zero-order chi connectivity index (χ0) is 11.8. The van der Waals surface area contributed by atoms with Crippen molar-refractivity contribution in [1.82, 2.24) is 4.90 Å². The van der Waals surface area contributed by atoms with Gasteiger partial charge in [0.1, 0.15) is 5.75 Å². The lowest BCUT2D eigenvalue weighted by Crippen LogP contribution is -2.46. The molecule has 0 aromatic heterocycles. The Bertz CT molecular complexity index is 376. The number of rotatable bonds is 2. The quantitative estimate of drug-likeness (QED) is 0.818. The van der Waals surface area contributed by atoms with Crippen LogP contribution < -0.4 is 5.73 Å². The number of hydrogen-bond acceptors (Lipinski definition) is 3. The van der Waals surface area contributed by atoms with Crippen LogP contribution in [0.15, 0.2) is 24.3 Å². The van der Waals surface area contributed by atoms with E-state index in [4.69, 9.17) is 5.73 Å². The van der Waals surface area contributed by atoms with Crippen LogP contribution in [0.4, 0.5) is 0 Å². The maximum absolute atomic E-state index is 9.28. The molecule has 92 valence electrons. The third-order valence-corrected chi connectivity index (χ3v) is 4.22. The van der Waals surface area contributed by atoms with E-state index in [2.05, 4.69) is 4.90 Å². The molecule has 2 saturated heterocycles. The second kappa shape index (κ2) is 4.31. The molecule has 3 heteroatoms. The van der Waals surface area contributed by atoms with Gasteiger partial charge in [-0.3, -0.25) is 4.90 Å². The molecule has 2 atom stereocenters. The summed E-state index contributed by atoms with van der Waals surface area (Å²) in [4.78, 5) is 2.61. The highest BCUT2D eigenvalue weighted by molar-refractivity contribution is 5.26. The molecule has 3 N–H and O–H groups in total. The van der Waals surface area contributed by atoms with E-state index in [1.54, 1.807) is 12.1 Å². The predicted octanol–water partition coefficient (Wildman–Crippen LogP) is 1.85. The molecule has 0 aliphatic carbocycles. The first kappa shape index (κ1) is 11.1. The van der Waals surface area contributed by atoms with Crippen LogP contribution in [0.3, 0.4) is 0 Å². The lowest BCUT2D eigenvalue weighted by Gasteiger charge is -2.37. The smallest absolute Gasteiger partial charge is 0.115 e. The predicted molar refractivity (Wildman–Crippen MR) is 67.7 cm³/mol. The first-order valence-corrected chi connectivity index (χ1v) is 6.51. The number of piperidine rings is 1. The molecule has 0 radical (unpaired) electrons. The highest BCUT2D eigenvalue weighted by Crippen LogP contribution is 2.36. The van der Waals surface area contributed by atoms with Gasteiger partial charge in [-0.15, -0.1) is 0 Å². The normalized spacial score (nSPS) is 32.9. The highest BCUT2D eigenvalue weighted by Gasteiger charge is 2.39. The fourth-order valence-corrected chi connectivity index (χ4v) is 3.39. The van der Waals surface area contributed by atoms with Gasteiger partial charge in [-0.25, -0.2) is 0 Å². The lowest BCUT2D eigenvalue weighted by molar-refractivity contribution is 0.120. The molecule has 1 aromatic rings. The Morgan fingerprint density at radius 1 is 1.12 bits per heavy atom. The standard InChI is InChI=1S/C14H20N2O/c15-11-7-12-3-4-13(8-11)16(12)9-10-1-5-14(17)6-2-10/h1-2,5-6,11-13,17H,3-4,7-9,15H2. The molecule has 2 aliphatic heterocycles. The maximum Gasteiger partial charge on any atom is 0.115 e. The van der Waals surface area contributed by atoms with E-state index >= 15 is 0 Å². The number of nitrogens with zero attached hydrogens (tertiary/aromatic N) is 1. The first-order chi connectivity index (χ1) is 8.22. The van der Waals surface area contributed by atoms with Gasteiger partial charge < -0.3 is 10.8 Å². The minimum Gasteiger partial charge on any atom is -0.508 e. The minimum atomic E-state index is 0.345. The van der Waals surface area contributed by atoms with Crippen molar-refractivity contribution < 1.29 is 5.11 Å². The Hall–Kier alpha value is -1.06. The van der Waals surface area contributed by atoms with Crippen molar-refractivity contribution in [2.24, 2.45) is 5.73 Å². The summed E-state index contributed by atoms with van der Waals surface area (Å²) in [5.74, 6) is 0.345. The largest absolute Gasteiger partial charge is 0.508 e. The maximum atomic E-state index is 9.28. The van der Waals surface area contributed by atoms with Crippen LogP contribution in [0.2, 0.25) is 0 Å². The minimum absolute atomic E-state index is 0.345. The monoisotopic (exact) mass is 232 g/mol. The van der Waals surface area contributed by atoms with E-state index in [1.165, 1.54) is 18.4 Å². The molecule has 3 rings (SSSR count). The molecule has 2 aliphatic rings. The van der Waals surface area contributed by atoms with Crippen molar-refractivity contribution in [1.29, 1.82) is 0 Å². The molecule has 0 amide bonds. The van der Waals surface area contributed by atoms with Gasteiger partial charge in [0.05, 0.1) is 0 Å². The summed E-state index contributed by atoms with van der Waals surface area (Å²) >= 11 is 0. The summed E-state index contributed by atoms with van der Waals surface area (Å²) in [6.07, 6.45) is 4.90. The molecule has 2 fully saturated rings. The summed E-state index contributed by atoms with van der Waals surface area (Å²) in [6.45, 7) is 1.00. The van der Waals surface area contributed by atoms with Gasteiger partial charge in [-0.05, 0) is 43.4 Å². The van der Waals surface area contributed by atoms with Gasteiger partial charge >= 0.3 is 0 Å². The number of aromatic hydroxyl groups is 1. The van der Waals surface area contributed by atoms with Crippen molar-refractivity contribution >= 4 is 0 Å². The summed E-state index contributed by atoms with van der Waals surface area (Å²) in [7, 11) is 0. The van der Waals surface area contributed by atoms with Crippen LogP contribution in [-0.2, 0) is 6.54 Å². The second-order valence-electron chi connectivity index (χ2n) is 5.46. The van der Waals surface area contributed by atoms with E-state index in [9.17, 15) is 5.11 Å². The average molecular weight is 232 g/mol. The van der Waals surface area contributed by atoms with Crippen LogP contribution >= 0.6 is 0 Å². The molecule has 17 heavy (non-hydrogen) atoms. The molecule has 0 saturated carbocycles. The van der Waals surface area contributed by atoms with Crippen molar-refractivity contribution in [2.75, 3.05) is 0 Å². The number of fused-ring (bicyclic) bond motifs is 2. The number of phenolic OH excluding ortho intramolecular Hbond substituents is 1. The summed E-state index contributed by atoms with van der Waals surface area (Å²) < 4.78 is 0. The van der Waals surface area contributed by atoms with Gasteiger partial charge in [0, 0.05) is 24.7 Å². The average Bonchev–Trinajstić information content (AvgIpc) is 2.56. The molecule has 1 aromatic carbocycles. The van der Waals surface area contributed by atoms with E-state index in [1.807, 2.05) is 12.1 Å². The van der Waals surface area contributed by atoms with E-state index in [-0.39, 0.29) is 0 Å². The number of benzene rings is 1. The fourth-order valence-electron chi connectivity index (χ4n) is 3.39. The first-order valence-electron chi connectivity index (χ1n) is 6.51. The van der Waals surface area contributed by atoms with Crippen molar-refractivity contribution in [3.05, 3.63) is 29.8 Å². The van der Waals surface area contributed by atoms with Gasteiger partial charge in [0.15, 0.2) is 0 Å². The summed E-state index contributed by atoms with van der Waals surface area (Å²) in [5, 5.41) is 9.28. The Morgan fingerprint density at radius 2 is 1.71 bits per heavy atom. The van der Waals surface area contributed by atoms with Gasteiger partial charge in [-0.1, -0.05) is 12.1 Å². The van der Waals surface area contributed by atoms with Gasteiger partial charge in [-0.2, -0.15) is 0 Å². The zero-order valence-corrected chi connectivity index (χ0v) is 10.0.